The molecule has 2 aromatic carbocycles. The molecular formula is C34H48N4O10. The van der Waals surface area contributed by atoms with Crippen LogP contribution in [0.5, 0.6) is 0 Å². The van der Waals surface area contributed by atoms with Crippen LogP contribution in [-0.2, 0) is 51.2 Å². The summed E-state index contributed by atoms with van der Waals surface area (Å²) in [7, 11) is 0. The van der Waals surface area contributed by atoms with Crippen LogP contribution in [0, 0.1) is 0 Å². The second-order valence-electron chi connectivity index (χ2n) is 11.0. The topological polar surface area (TPSA) is 154 Å². The number of carbonyl (C=O) groups excluding carboxylic acids is 4. The number of rotatable bonds is 8. The molecule has 1 heterocycles. The summed E-state index contributed by atoms with van der Waals surface area (Å²) in [6, 6.07) is 16.9. The van der Waals surface area contributed by atoms with Crippen LogP contribution in [0.4, 0.5) is 9.59 Å². The van der Waals surface area contributed by atoms with E-state index in [-0.39, 0.29) is 104 Å². The second-order valence-corrected chi connectivity index (χ2v) is 11.0. The molecule has 0 saturated carbocycles. The molecule has 4 amide bonds. The lowest BCUT2D eigenvalue weighted by Crippen LogP contribution is -2.49. The van der Waals surface area contributed by atoms with Gasteiger partial charge in [-0.15, -0.1) is 0 Å². The lowest BCUT2D eigenvalue weighted by molar-refractivity contribution is -0.136. The van der Waals surface area contributed by atoms with Crippen LogP contribution < -0.4 is 10.6 Å². The van der Waals surface area contributed by atoms with Gasteiger partial charge in [0.2, 0.25) is 11.8 Å². The van der Waals surface area contributed by atoms with Gasteiger partial charge in [-0.2, -0.15) is 0 Å². The number of amides is 4. The third-order valence-corrected chi connectivity index (χ3v) is 7.22. The molecule has 0 aromatic heterocycles. The van der Waals surface area contributed by atoms with Gasteiger partial charge in [-0.1, -0.05) is 60.7 Å². The number of nitrogens with one attached hydrogen (secondary N) is 2. The molecule has 0 bridgehead atoms. The second kappa shape index (κ2) is 22.4. The highest BCUT2D eigenvalue weighted by atomic mass is 16.6. The highest BCUT2D eigenvalue weighted by molar-refractivity contribution is 5.86. The van der Waals surface area contributed by atoms with Gasteiger partial charge in [0, 0.05) is 26.2 Å². The van der Waals surface area contributed by atoms with E-state index in [2.05, 4.69) is 10.6 Å². The van der Waals surface area contributed by atoms with E-state index in [1.807, 2.05) is 60.7 Å². The van der Waals surface area contributed by atoms with E-state index in [0.717, 1.165) is 11.1 Å². The molecule has 264 valence electrons. The summed E-state index contributed by atoms with van der Waals surface area (Å²) >= 11 is 0. The van der Waals surface area contributed by atoms with E-state index >= 15 is 0 Å². The Kier molecular flexibility index (Phi) is 17.8. The van der Waals surface area contributed by atoms with Gasteiger partial charge in [-0.05, 0) is 25.0 Å². The van der Waals surface area contributed by atoms with E-state index in [1.54, 1.807) is 23.6 Å². The van der Waals surface area contributed by atoms with Crippen LogP contribution in [0.3, 0.4) is 0 Å². The molecule has 0 aliphatic carbocycles. The van der Waals surface area contributed by atoms with Crippen LogP contribution in [0.2, 0.25) is 0 Å². The first-order chi connectivity index (χ1) is 23.3. The Bertz CT molecular complexity index is 1120. The van der Waals surface area contributed by atoms with Crippen molar-refractivity contribution in [3.8, 4) is 0 Å². The molecule has 3 rings (SSSR count). The number of alkyl carbamates (subject to hydrolysis) is 2. The number of nitrogens with zero attached hydrogens (tertiary/aromatic N) is 2. The fraction of sp³-hybridized carbons (Fsp3) is 0.529. The van der Waals surface area contributed by atoms with Crippen molar-refractivity contribution in [2.24, 2.45) is 0 Å². The van der Waals surface area contributed by atoms with Gasteiger partial charge in [-0.25, -0.2) is 9.59 Å². The lowest BCUT2D eigenvalue weighted by Gasteiger charge is -2.27. The highest BCUT2D eigenvalue weighted by Crippen LogP contribution is 2.04. The minimum absolute atomic E-state index is 0.0970. The van der Waals surface area contributed by atoms with E-state index in [1.165, 1.54) is 0 Å². The van der Waals surface area contributed by atoms with E-state index < -0.39 is 24.3 Å². The average Bonchev–Trinajstić information content (AvgIpc) is 3.10. The summed E-state index contributed by atoms with van der Waals surface area (Å²) in [5.74, 6) is -0.586. The molecule has 2 atom stereocenters. The SMILES string of the molecule is CC(NC(=O)OCc1ccccc1)C(=O)N1CCOCCOCCN(C(=O)C(C)NC(=O)OCc2ccccc2)CCOCCOCC1. The number of ether oxygens (including phenoxy) is 6. The zero-order valence-corrected chi connectivity index (χ0v) is 27.8. The van der Waals surface area contributed by atoms with Crippen molar-refractivity contribution >= 4 is 24.0 Å². The van der Waals surface area contributed by atoms with Crippen LogP contribution in [0.15, 0.2) is 60.7 Å². The number of hydrogen-bond acceptors (Lipinski definition) is 10. The number of hydrogen-bond donors (Lipinski definition) is 2. The fourth-order valence-electron chi connectivity index (χ4n) is 4.56. The summed E-state index contributed by atoms with van der Waals surface area (Å²) in [5.41, 5.74) is 1.68. The Labute approximate surface area is 281 Å². The molecule has 14 heteroatoms. The van der Waals surface area contributed by atoms with Crippen LogP contribution in [0.1, 0.15) is 25.0 Å². The van der Waals surface area contributed by atoms with Gasteiger partial charge in [-0.3, -0.25) is 9.59 Å². The van der Waals surface area contributed by atoms with Crippen LogP contribution >= 0.6 is 0 Å². The quantitative estimate of drug-likeness (QED) is 0.427. The van der Waals surface area contributed by atoms with Crippen LogP contribution in [0.25, 0.3) is 0 Å². The molecule has 14 nitrogen and oxygen atoms in total. The third kappa shape index (κ3) is 15.1. The van der Waals surface area contributed by atoms with Crippen LogP contribution in [-0.4, -0.2) is 125 Å². The molecule has 2 unspecified atom stereocenters. The predicted molar refractivity (Wildman–Crippen MR) is 175 cm³/mol. The highest BCUT2D eigenvalue weighted by Gasteiger charge is 2.24. The Morgan fingerprint density at radius 2 is 0.875 bits per heavy atom. The third-order valence-electron chi connectivity index (χ3n) is 7.22. The molecular weight excluding hydrogens is 624 g/mol. The Balaban J connectivity index is 1.41. The summed E-state index contributed by atoms with van der Waals surface area (Å²) < 4.78 is 33.2. The van der Waals surface area contributed by atoms with Gasteiger partial charge in [0.15, 0.2) is 0 Å². The summed E-state index contributed by atoms with van der Waals surface area (Å²) in [6.07, 6.45) is -1.37. The first-order valence-electron chi connectivity index (χ1n) is 16.2. The molecule has 0 spiro atoms. The predicted octanol–water partition coefficient (Wildman–Crippen LogP) is 2.35. The standard InChI is InChI=1S/C34H48N4O10/c1-27(35-33(41)47-25-29-9-5-3-6-10-29)31(39)37-13-17-43-21-23-45-19-15-38(16-20-46-24-22-44-18-14-37)32(40)28(2)36-34(42)48-26-30-11-7-4-8-12-30/h3-12,27-28H,13-26H2,1-2H3,(H,35,41)(H,36,42). The van der Waals surface area contributed by atoms with E-state index in [9.17, 15) is 19.2 Å². The maximum atomic E-state index is 13.1. The van der Waals surface area contributed by atoms with E-state index in [0.29, 0.717) is 0 Å². The zero-order valence-electron chi connectivity index (χ0n) is 27.8. The van der Waals surface area contributed by atoms with Crippen molar-refractivity contribution in [1.29, 1.82) is 0 Å². The van der Waals surface area contributed by atoms with E-state index in [4.69, 9.17) is 28.4 Å². The summed E-state index contributed by atoms with van der Waals surface area (Å²) in [6.45, 7) is 6.63. The van der Waals surface area contributed by atoms with Gasteiger partial charge in [0.25, 0.3) is 0 Å². The largest absolute Gasteiger partial charge is 0.445 e. The normalized spacial score (nSPS) is 17.1. The minimum Gasteiger partial charge on any atom is -0.445 e. The van der Waals surface area contributed by atoms with Crippen molar-refractivity contribution in [3.63, 3.8) is 0 Å². The summed E-state index contributed by atoms with van der Waals surface area (Å²) in [4.78, 5) is 54.0. The molecule has 2 N–H and O–H groups in total. The minimum atomic E-state index is -0.818. The molecule has 1 aliphatic rings. The zero-order chi connectivity index (χ0) is 34.4. The smallest absolute Gasteiger partial charge is 0.408 e. The first-order valence-corrected chi connectivity index (χ1v) is 16.2. The van der Waals surface area contributed by atoms with Crippen molar-refractivity contribution in [3.05, 3.63) is 71.8 Å². The van der Waals surface area contributed by atoms with Gasteiger partial charge in [0.05, 0.1) is 52.9 Å². The van der Waals surface area contributed by atoms with Gasteiger partial charge < -0.3 is 48.9 Å². The Morgan fingerprint density at radius 1 is 0.562 bits per heavy atom. The maximum Gasteiger partial charge on any atom is 0.408 e. The molecule has 1 saturated heterocycles. The van der Waals surface area contributed by atoms with Gasteiger partial charge >= 0.3 is 12.2 Å². The van der Waals surface area contributed by atoms with Gasteiger partial charge in [0.1, 0.15) is 25.3 Å². The molecule has 1 fully saturated rings. The maximum absolute atomic E-state index is 13.1. The number of benzene rings is 2. The van der Waals surface area contributed by atoms with Crippen molar-refractivity contribution in [2.45, 2.75) is 39.1 Å². The lowest BCUT2D eigenvalue weighted by atomic mass is 10.2. The average molecular weight is 673 g/mol. The molecule has 0 radical (unpaired) electrons. The summed E-state index contributed by atoms with van der Waals surface area (Å²) in [5, 5.41) is 5.18. The molecule has 48 heavy (non-hydrogen) atoms. The molecule has 2 aromatic rings. The molecule has 1 aliphatic heterocycles. The van der Waals surface area contributed by atoms with Crippen molar-refractivity contribution in [2.75, 3.05) is 79.0 Å². The first kappa shape index (κ1) is 38.2. The van der Waals surface area contributed by atoms with Crippen molar-refractivity contribution < 1.29 is 47.6 Å². The van der Waals surface area contributed by atoms with Crippen molar-refractivity contribution in [1.82, 2.24) is 20.4 Å². The Hall–Kier alpha value is -4.24. The fourth-order valence-corrected chi connectivity index (χ4v) is 4.56. The Morgan fingerprint density at radius 3 is 1.19 bits per heavy atom. The monoisotopic (exact) mass is 672 g/mol. The number of carbonyl (C=O) groups is 4.